The quantitative estimate of drug-likeness (QED) is 0.606. The lowest BCUT2D eigenvalue weighted by molar-refractivity contribution is 0.133. The summed E-state index contributed by atoms with van der Waals surface area (Å²) in [6.07, 6.45) is 0.984. The van der Waals surface area contributed by atoms with Crippen molar-refractivity contribution in [3.8, 4) is 0 Å². The molecule has 0 aliphatic carbocycles. The zero-order valence-corrected chi connectivity index (χ0v) is 6.50. The van der Waals surface area contributed by atoms with Gasteiger partial charge >= 0.3 is 0 Å². The van der Waals surface area contributed by atoms with Gasteiger partial charge in [0.2, 0.25) is 0 Å². The monoisotopic (exact) mass is 164 g/mol. The van der Waals surface area contributed by atoms with Gasteiger partial charge in [-0.25, -0.2) is 8.78 Å². The molecule has 0 fully saturated rings. The maximum atomic E-state index is 11.8. The Morgan fingerprint density at radius 2 is 1.82 bits per heavy atom. The van der Waals surface area contributed by atoms with Gasteiger partial charge in [-0.15, -0.1) is 0 Å². The van der Waals surface area contributed by atoms with Crippen LogP contribution >= 0.6 is 0 Å². The van der Waals surface area contributed by atoms with Gasteiger partial charge in [-0.2, -0.15) is 0 Å². The van der Waals surface area contributed by atoms with Gasteiger partial charge in [-0.1, -0.05) is 19.1 Å². The van der Waals surface area contributed by atoms with Crippen molar-refractivity contribution < 1.29 is 8.78 Å². The van der Waals surface area contributed by atoms with Crippen LogP contribution in [0.25, 0.3) is 0 Å². The number of rotatable bonds is 4. The molecule has 2 atom stereocenters. The summed E-state index contributed by atoms with van der Waals surface area (Å²) in [7, 11) is 0. The summed E-state index contributed by atoms with van der Waals surface area (Å²) in [6, 6.07) is -1.35. The highest BCUT2D eigenvalue weighted by Crippen LogP contribution is 2.00. The Kier molecular flexibility index (Phi) is 4.98. The number of alkyl halides is 2. The Morgan fingerprint density at radius 1 is 1.27 bits per heavy atom. The van der Waals surface area contributed by atoms with Gasteiger partial charge in [-0.05, 0) is 6.42 Å². The molecule has 2 unspecified atom stereocenters. The molecule has 2 nitrogen and oxygen atoms in total. The van der Waals surface area contributed by atoms with Crippen molar-refractivity contribution in [3.05, 3.63) is 12.2 Å². The van der Waals surface area contributed by atoms with Crippen molar-refractivity contribution in [2.75, 3.05) is 0 Å². The van der Waals surface area contributed by atoms with E-state index in [0.29, 0.717) is 0 Å². The molecule has 4 heteroatoms. The topological polar surface area (TPSA) is 52.0 Å². The smallest absolute Gasteiger partial charge is 0.256 e. The van der Waals surface area contributed by atoms with Crippen LogP contribution in [-0.2, 0) is 0 Å². The largest absolute Gasteiger partial charge is 0.324 e. The van der Waals surface area contributed by atoms with Gasteiger partial charge in [0.15, 0.2) is 0 Å². The van der Waals surface area contributed by atoms with Crippen LogP contribution in [0, 0.1) is 0 Å². The van der Waals surface area contributed by atoms with E-state index in [2.05, 4.69) is 0 Å². The molecular formula is C7H14F2N2. The van der Waals surface area contributed by atoms with Crippen molar-refractivity contribution in [3.63, 3.8) is 0 Å². The molecule has 0 aliphatic heterocycles. The van der Waals surface area contributed by atoms with Gasteiger partial charge in [0.05, 0.1) is 6.04 Å². The molecular weight excluding hydrogens is 150 g/mol. The van der Waals surface area contributed by atoms with Gasteiger partial charge in [-0.3, -0.25) is 0 Å². The Labute approximate surface area is 65.3 Å². The van der Waals surface area contributed by atoms with Crippen molar-refractivity contribution >= 4 is 0 Å². The van der Waals surface area contributed by atoms with Crippen LogP contribution in [0.3, 0.4) is 0 Å². The van der Waals surface area contributed by atoms with E-state index < -0.39 is 12.5 Å². The molecule has 11 heavy (non-hydrogen) atoms. The van der Waals surface area contributed by atoms with Gasteiger partial charge in [0.1, 0.15) is 0 Å². The molecule has 0 rings (SSSR count). The SMILES string of the molecule is CCC(N)C=CC(N)C(F)F. The van der Waals surface area contributed by atoms with Gasteiger partial charge < -0.3 is 11.5 Å². The van der Waals surface area contributed by atoms with E-state index in [-0.39, 0.29) is 6.04 Å². The lowest BCUT2D eigenvalue weighted by atomic mass is 10.2. The zero-order valence-electron chi connectivity index (χ0n) is 6.50. The molecule has 66 valence electrons. The summed E-state index contributed by atoms with van der Waals surface area (Å²) in [4.78, 5) is 0. The Balaban J connectivity index is 3.72. The first-order chi connectivity index (χ1) is 5.07. The normalized spacial score (nSPS) is 17.6. The highest BCUT2D eigenvalue weighted by molar-refractivity contribution is 4.97. The molecule has 0 saturated heterocycles. The van der Waals surface area contributed by atoms with E-state index >= 15 is 0 Å². The summed E-state index contributed by atoms with van der Waals surface area (Å²) >= 11 is 0. The van der Waals surface area contributed by atoms with Crippen molar-refractivity contribution in [2.24, 2.45) is 11.5 Å². The minimum absolute atomic E-state index is 0.167. The Hall–Kier alpha value is -0.480. The molecule has 0 saturated carbocycles. The molecule has 0 aliphatic rings. The van der Waals surface area contributed by atoms with Crippen LogP contribution in [0.2, 0.25) is 0 Å². The fraction of sp³-hybridized carbons (Fsp3) is 0.714. The summed E-state index contributed by atoms with van der Waals surface area (Å²) in [5.41, 5.74) is 10.5. The van der Waals surface area contributed by atoms with Gasteiger partial charge in [0.25, 0.3) is 6.43 Å². The molecule has 0 aromatic heterocycles. The van der Waals surface area contributed by atoms with E-state index in [1.54, 1.807) is 0 Å². The van der Waals surface area contributed by atoms with Crippen LogP contribution in [0.15, 0.2) is 12.2 Å². The summed E-state index contributed by atoms with van der Waals surface area (Å²) < 4.78 is 23.5. The number of halogens is 2. The number of hydrogen-bond acceptors (Lipinski definition) is 2. The maximum Gasteiger partial charge on any atom is 0.256 e. The first-order valence-corrected chi connectivity index (χ1v) is 3.55. The van der Waals surface area contributed by atoms with Crippen molar-refractivity contribution in [1.82, 2.24) is 0 Å². The third-order valence-corrected chi connectivity index (χ3v) is 1.34. The first kappa shape index (κ1) is 10.5. The Bertz CT molecular complexity index is 126. The fourth-order valence-corrected chi connectivity index (χ4v) is 0.491. The van der Waals surface area contributed by atoms with Crippen LogP contribution in [0.5, 0.6) is 0 Å². The molecule has 4 N–H and O–H groups in total. The Morgan fingerprint density at radius 3 is 2.18 bits per heavy atom. The molecule has 0 radical (unpaired) electrons. The van der Waals surface area contributed by atoms with Crippen LogP contribution in [0.1, 0.15) is 13.3 Å². The number of nitrogens with two attached hydrogens (primary N) is 2. The highest BCUT2D eigenvalue weighted by atomic mass is 19.3. The predicted octanol–water partition coefficient (Wildman–Crippen LogP) is 0.872. The highest BCUT2D eigenvalue weighted by Gasteiger charge is 2.10. The lowest BCUT2D eigenvalue weighted by Crippen LogP contribution is -2.27. The molecule has 0 aromatic carbocycles. The minimum Gasteiger partial charge on any atom is -0.324 e. The molecule has 0 heterocycles. The summed E-state index contributed by atoms with van der Waals surface area (Å²) in [5, 5.41) is 0. The molecule has 0 amide bonds. The lowest BCUT2D eigenvalue weighted by Gasteiger charge is -2.05. The summed E-state index contributed by atoms with van der Waals surface area (Å²) in [5.74, 6) is 0. The third kappa shape index (κ3) is 4.86. The summed E-state index contributed by atoms with van der Waals surface area (Å²) in [6.45, 7) is 1.88. The average Bonchev–Trinajstić information content (AvgIpc) is 1.99. The van der Waals surface area contributed by atoms with Crippen LogP contribution in [-0.4, -0.2) is 18.5 Å². The van der Waals surface area contributed by atoms with E-state index in [4.69, 9.17) is 11.5 Å². The van der Waals surface area contributed by atoms with Crippen LogP contribution in [0.4, 0.5) is 8.78 Å². The van der Waals surface area contributed by atoms with Crippen molar-refractivity contribution in [1.29, 1.82) is 0 Å². The molecule has 0 aromatic rings. The van der Waals surface area contributed by atoms with E-state index in [0.717, 1.165) is 6.42 Å². The predicted molar refractivity (Wildman–Crippen MR) is 41.4 cm³/mol. The standard InChI is InChI=1S/C7H14F2N2/c1-2-5(10)3-4-6(11)7(8)9/h3-7H,2,10-11H2,1H3. The second-order valence-corrected chi connectivity index (χ2v) is 2.37. The van der Waals surface area contributed by atoms with Crippen molar-refractivity contribution in [2.45, 2.75) is 31.9 Å². The van der Waals surface area contributed by atoms with Crippen LogP contribution < -0.4 is 11.5 Å². The average molecular weight is 164 g/mol. The number of hydrogen-bond donors (Lipinski definition) is 2. The second-order valence-electron chi connectivity index (χ2n) is 2.37. The first-order valence-electron chi connectivity index (χ1n) is 3.55. The van der Waals surface area contributed by atoms with E-state index in [1.807, 2.05) is 6.92 Å². The maximum absolute atomic E-state index is 11.8. The fourth-order valence-electron chi connectivity index (χ4n) is 0.491. The van der Waals surface area contributed by atoms with E-state index in [9.17, 15) is 8.78 Å². The second kappa shape index (κ2) is 5.21. The van der Waals surface area contributed by atoms with E-state index in [1.165, 1.54) is 12.2 Å². The van der Waals surface area contributed by atoms with Gasteiger partial charge in [0, 0.05) is 6.04 Å². The minimum atomic E-state index is -2.50. The molecule has 0 bridgehead atoms. The third-order valence-electron chi connectivity index (χ3n) is 1.34. The molecule has 0 spiro atoms. The zero-order chi connectivity index (χ0) is 8.85.